The molecule has 3 heteroatoms. The summed E-state index contributed by atoms with van der Waals surface area (Å²) in [7, 11) is 0. The first-order chi connectivity index (χ1) is 8.43. The zero-order chi connectivity index (χ0) is 13.7. The van der Waals surface area contributed by atoms with Crippen LogP contribution in [0.1, 0.15) is 38.3 Å². The average Bonchev–Trinajstić information content (AvgIpc) is 2.32. The molecule has 3 nitrogen and oxygen atoms in total. The van der Waals surface area contributed by atoms with E-state index in [0.29, 0.717) is 0 Å². The zero-order valence-corrected chi connectivity index (χ0v) is 11.9. The van der Waals surface area contributed by atoms with Gasteiger partial charge in [0.05, 0.1) is 0 Å². The molecule has 0 saturated carbocycles. The van der Waals surface area contributed by atoms with Gasteiger partial charge in [-0.3, -0.25) is 4.79 Å². The number of amides is 1. The van der Waals surface area contributed by atoms with Crippen molar-refractivity contribution in [3.05, 3.63) is 29.3 Å². The van der Waals surface area contributed by atoms with Gasteiger partial charge in [-0.25, -0.2) is 0 Å². The Bertz CT molecular complexity index is 415. The smallest absolute Gasteiger partial charge is 0.260 e. The maximum atomic E-state index is 11.9. The second-order valence-corrected chi connectivity index (χ2v) is 4.85. The number of ether oxygens (including phenoxy) is 1. The largest absolute Gasteiger partial charge is 0.481 e. The monoisotopic (exact) mass is 249 g/mol. The van der Waals surface area contributed by atoms with Crippen LogP contribution in [0.15, 0.2) is 18.2 Å². The third-order valence-electron chi connectivity index (χ3n) is 3.00. The summed E-state index contributed by atoms with van der Waals surface area (Å²) >= 11 is 0. The standard InChI is InChI=1S/C15H23NO2/c1-6-12(4)16-15(17)13(5)18-14-8-7-10(2)9-11(14)3/h7-9,12-13H,6H2,1-5H3,(H,16,17)/t12-,13+/m1/s1. The Hall–Kier alpha value is -1.51. The van der Waals surface area contributed by atoms with Gasteiger partial charge in [0, 0.05) is 6.04 Å². The lowest BCUT2D eigenvalue weighted by molar-refractivity contribution is -0.127. The highest BCUT2D eigenvalue weighted by Gasteiger charge is 2.16. The van der Waals surface area contributed by atoms with Crippen molar-refractivity contribution in [1.29, 1.82) is 0 Å². The van der Waals surface area contributed by atoms with Crippen molar-refractivity contribution < 1.29 is 9.53 Å². The van der Waals surface area contributed by atoms with E-state index in [4.69, 9.17) is 4.74 Å². The fourth-order valence-corrected chi connectivity index (χ4v) is 1.64. The van der Waals surface area contributed by atoms with Gasteiger partial charge >= 0.3 is 0 Å². The lowest BCUT2D eigenvalue weighted by atomic mass is 10.1. The minimum atomic E-state index is -0.472. The van der Waals surface area contributed by atoms with E-state index in [2.05, 4.69) is 11.4 Å². The van der Waals surface area contributed by atoms with Gasteiger partial charge in [0.15, 0.2) is 6.10 Å². The van der Waals surface area contributed by atoms with Crippen molar-refractivity contribution in [2.45, 2.75) is 53.2 Å². The Morgan fingerprint density at radius 2 is 2.00 bits per heavy atom. The minimum Gasteiger partial charge on any atom is -0.481 e. The summed E-state index contributed by atoms with van der Waals surface area (Å²) in [5.41, 5.74) is 2.25. The third kappa shape index (κ3) is 4.06. The van der Waals surface area contributed by atoms with E-state index in [0.717, 1.165) is 17.7 Å². The van der Waals surface area contributed by atoms with Gasteiger partial charge in [0.2, 0.25) is 0 Å². The highest BCUT2D eigenvalue weighted by atomic mass is 16.5. The van der Waals surface area contributed by atoms with E-state index < -0.39 is 6.10 Å². The second kappa shape index (κ2) is 6.43. The average molecular weight is 249 g/mol. The first kappa shape index (κ1) is 14.6. The van der Waals surface area contributed by atoms with E-state index in [1.165, 1.54) is 5.56 Å². The summed E-state index contributed by atoms with van der Waals surface area (Å²) in [6, 6.07) is 6.14. The Balaban J connectivity index is 2.63. The molecule has 2 atom stereocenters. The number of carbonyl (C=O) groups is 1. The van der Waals surface area contributed by atoms with E-state index in [1.807, 2.05) is 39.8 Å². The van der Waals surface area contributed by atoms with Gasteiger partial charge in [-0.1, -0.05) is 24.6 Å². The molecule has 18 heavy (non-hydrogen) atoms. The zero-order valence-electron chi connectivity index (χ0n) is 11.9. The molecule has 0 fully saturated rings. The van der Waals surface area contributed by atoms with Crippen LogP contribution in [-0.4, -0.2) is 18.1 Å². The van der Waals surface area contributed by atoms with Crippen LogP contribution in [0.5, 0.6) is 5.75 Å². The number of hydrogen-bond acceptors (Lipinski definition) is 2. The van der Waals surface area contributed by atoms with Gasteiger partial charge < -0.3 is 10.1 Å². The first-order valence-electron chi connectivity index (χ1n) is 6.48. The molecule has 100 valence electrons. The molecule has 0 aliphatic heterocycles. The van der Waals surface area contributed by atoms with Gasteiger partial charge in [0.1, 0.15) is 5.75 Å². The summed E-state index contributed by atoms with van der Waals surface area (Å²) in [5.74, 6) is 0.705. The summed E-state index contributed by atoms with van der Waals surface area (Å²) < 4.78 is 5.70. The molecule has 0 spiro atoms. The van der Waals surface area contributed by atoms with E-state index >= 15 is 0 Å². The number of carbonyl (C=O) groups excluding carboxylic acids is 1. The number of hydrogen-bond donors (Lipinski definition) is 1. The van der Waals surface area contributed by atoms with Crippen LogP contribution in [0.25, 0.3) is 0 Å². The molecule has 1 aromatic carbocycles. The van der Waals surface area contributed by atoms with Crippen LogP contribution >= 0.6 is 0 Å². The molecule has 0 aliphatic rings. The number of benzene rings is 1. The van der Waals surface area contributed by atoms with Crippen molar-refractivity contribution in [3.63, 3.8) is 0 Å². The quantitative estimate of drug-likeness (QED) is 0.871. The normalized spacial score (nSPS) is 13.8. The molecule has 0 radical (unpaired) electrons. The van der Waals surface area contributed by atoms with Gasteiger partial charge in [-0.2, -0.15) is 0 Å². The molecule has 0 bridgehead atoms. The predicted molar refractivity (Wildman–Crippen MR) is 73.9 cm³/mol. The summed E-state index contributed by atoms with van der Waals surface area (Å²) in [6.07, 6.45) is 0.447. The van der Waals surface area contributed by atoms with E-state index in [9.17, 15) is 4.79 Å². The molecular weight excluding hydrogens is 226 g/mol. The molecule has 1 amide bonds. The van der Waals surface area contributed by atoms with Crippen LogP contribution in [0.3, 0.4) is 0 Å². The SMILES string of the molecule is CC[C@@H](C)NC(=O)[C@H](C)Oc1ccc(C)cc1C. The summed E-state index contributed by atoms with van der Waals surface area (Å²) in [5, 5.41) is 2.92. The Kier molecular flexibility index (Phi) is 5.20. The van der Waals surface area contributed by atoms with Crippen LogP contribution in [0, 0.1) is 13.8 Å². The minimum absolute atomic E-state index is 0.0654. The molecule has 0 unspecified atom stereocenters. The second-order valence-electron chi connectivity index (χ2n) is 4.85. The van der Waals surface area contributed by atoms with Crippen LogP contribution in [-0.2, 0) is 4.79 Å². The van der Waals surface area contributed by atoms with E-state index in [1.54, 1.807) is 6.92 Å². The summed E-state index contributed by atoms with van der Waals surface area (Å²) in [4.78, 5) is 11.9. The fraction of sp³-hybridized carbons (Fsp3) is 0.533. The lowest BCUT2D eigenvalue weighted by Gasteiger charge is -2.18. The van der Waals surface area contributed by atoms with Crippen molar-refractivity contribution >= 4 is 5.91 Å². The van der Waals surface area contributed by atoms with Crippen molar-refractivity contribution in [2.24, 2.45) is 0 Å². The van der Waals surface area contributed by atoms with Crippen molar-refractivity contribution in [2.75, 3.05) is 0 Å². The number of nitrogens with one attached hydrogen (secondary N) is 1. The predicted octanol–water partition coefficient (Wildman–Crippen LogP) is 2.99. The third-order valence-corrected chi connectivity index (χ3v) is 3.00. The summed E-state index contributed by atoms with van der Waals surface area (Å²) in [6.45, 7) is 9.83. The molecule has 0 heterocycles. The molecule has 1 rings (SSSR count). The maximum Gasteiger partial charge on any atom is 0.260 e. The van der Waals surface area contributed by atoms with Crippen molar-refractivity contribution in [1.82, 2.24) is 5.32 Å². The molecule has 0 saturated heterocycles. The van der Waals surface area contributed by atoms with Gasteiger partial charge in [-0.05, 0) is 45.7 Å². The van der Waals surface area contributed by atoms with Gasteiger partial charge in [-0.15, -0.1) is 0 Å². The fourth-order valence-electron chi connectivity index (χ4n) is 1.64. The molecule has 1 aromatic rings. The molecule has 0 aromatic heterocycles. The lowest BCUT2D eigenvalue weighted by Crippen LogP contribution is -2.41. The van der Waals surface area contributed by atoms with Crippen molar-refractivity contribution in [3.8, 4) is 5.75 Å². The topological polar surface area (TPSA) is 38.3 Å². The van der Waals surface area contributed by atoms with Crippen LogP contribution < -0.4 is 10.1 Å². The Morgan fingerprint density at radius 1 is 1.33 bits per heavy atom. The van der Waals surface area contributed by atoms with Crippen LogP contribution in [0.4, 0.5) is 0 Å². The first-order valence-corrected chi connectivity index (χ1v) is 6.48. The Morgan fingerprint density at radius 3 is 2.56 bits per heavy atom. The highest BCUT2D eigenvalue weighted by Crippen LogP contribution is 2.20. The molecule has 1 N–H and O–H groups in total. The van der Waals surface area contributed by atoms with E-state index in [-0.39, 0.29) is 11.9 Å². The van der Waals surface area contributed by atoms with Gasteiger partial charge in [0.25, 0.3) is 5.91 Å². The number of rotatable bonds is 5. The Labute approximate surface area is 110 Å². The maximum absolute atomic E-state index is 11.9. The molecule has 0 aliphatic carbocycles. The highest BCUT2D eigenvalue weighted by molar-refractivity contribution is 5.81. The molecular formula is C15H23NO2. The number of aryl methyl sites for hydroxylation is 2. The van der Waals surface area contributed by atoms with Crippen LogP contribution in [0.2, 0.25) is 0 Å².